The van der Waals surface area contributed by atoms with Crippen LogP contribution in [0.3, 0.4) is 0 Å². The quantitative estimate of drug-likeness (QED) is 0.0905. The van der Waals surface area contributed by atoms with Crippen molar-refractivity contribution in [1.82, 2.24) is 0 Å². The van der Waals surface area contributed by atoms with Gasteiger partial charge in [-0.25, -0.2) is 0 Å². The third kappa shape index (κ3) is 16.6. The maximum absolute atomic E-state index is 16.0. The van der Waals surface area contributed by atoms with E-state index in [-0.39, 0.29) is 0 Å². The number of unbranched alkanes of at least 4 members (excludes halogenated alkanes) is 12. The van der Waals surface area contributed by atoms with E-state index in [1.165, 1.54) is 0 Å². The van der Waals surface area contributed by atoms with Gasteiger partial charge in [-0.2, -0.15) is 0 Å². The zero-order valence-corrected chi connectivity index (χ0v) is 22.3. The molecule has 0 heterocycles. The van der Waals surface area contributed by atoms with Crippen molar-refractivity contribution in [3.05, 3.63) is 0 Å². The highest BCUT2D eigenvalue weighted by Crippen LogP contribution is 2.35. The molecule has 0 aromatic rings. The highest BCUT2D eigenvalue weighted by molar-refractivity contribution is 6.80. The summed E-state index contributed by atoms with van der Waals surface area (Å²) < 4.78 is 38.1. The Bertz CT molecular complexity index is 300. The van der Waals surface area contributed by atoms with Crippen molar-refractivity contribution in [3.63, 3.8) is 0 Å². The van der Waals surface area contributed by atoms with Crippen molar-refractivity contribution < 1.29 is 12.3 Å². The lowest BCUT2D eigenvalue weighted by Gasteiger charge is -2.32. The van der Waals surface area contributed by atoms with E-state index < -0.39 is 17.3 Å². The van der Waals surface area contributed by atoms with Crippen molar-refractivity contribution in [2.45, 2.75) is 155 Å². The van der Waals surface area contributed by atoms with Gasteiger partial charge in [0, 0.05) is 0 Å². The second kappa shape index (κ2) is 19.0. The van der Waals surface area contributed by atoms with Gasteiger partial charge in [0.15, 0.2) is 0 Å². The molecule has 0 aromatic carbocycles. The Morgan fingerprint density at radius 3 is 0.862 bits per heavy atom. The van der Waals surface area contributed by atoms with Gasteiger partial charge in [-0.15, -0.1) is 0 Å². The lowest BCUT2D eigenvalue weighted by atomic mass is 10.2. The molecule has 176 valence electrons. The molecule has 5 heteroatoms. The summed E-state index contributed by atoms with van der Waals surface area (Å²) in [4.78, 5) is 0. The Labute approximate surface area is 184 Å². The minimum absolute atomic E-state index is 0.516. The summed E-state index contributed by atoms with van der Waals surface area (Å²) in [6.45, 7) is 8.70. The minimum atomic E-state index is -3.44. The van der Waals surface area contributed by atoms with E-state index in [4.69, 9.17) is 4.12 Å². The van der Waals surface area contributed by atoms with Crippen LogP contribution >= 0.6 is 0 Å². The van der Waals surface area contributed by atoms with Crippen LogP contribution in [0.4, 0.5) is 8.22 Å². The van der Waals surface area contributed by atoms with E-state index in [1.54, 1.807) is 0 Å². The molecule has 0 bridgehead atoms. The lowest BCUT2D eigenvalue weighted by molar-refractivity contribution is 0.373. The average molecular weight is 451 g/mol. The molecule has 0 aliphatic carbocycles. The van der Waals surface area contributed by atoms with Crippen LogP contribution in [-0.4, -0.2) is 17.3 Å². The van der Waals surface area contributed by atoms with Gasteiger partial charge in [-0.3, -0.25) is 8.22 Å². The second-order valence-electron chi connectivity index (χ2n) is 9.11. The fourth-order valence-corrected chi connectivity index (χ4v) is 11.9. The zero-order chi connectivity index (χ0) is 21.8. The molecule has 0 rings (SSSR count). The first kappa shape index (κ1) is 29.3. The first-order chi connectivity index (χ1) is 13.9. The van der Waals surface area contributed by atoms with E-state index >= 15 is 8.22 Å². The van der Waals surface area contributed by atoms with Gasteiger partial charge in [0.25, 0.3) is 0 Å². The molecule has 0 aromatic heterocycles. The van der Waals surface area contributed by atoms with Crippen LogP contribution < -0.4 is 0 Å². The fourth-order valence-electron chi connectivity index (χ4n) is 4.04. The van der Waals surface area contributed by atoms with Gasteiger partial charge in [-0.1, -0.05) is 130 Å². The third-order valence-corrected chi connectivity index (χ3v) is 13.3. The molecule has 0 aliphatic heterocycles. The van der Waals surface area contributed by atoms with Crippen LogP contribution in [0, 0.1) is 0 Å². The molecule has 0 fully saturated rings. The zero-order valence-electron chi connectivity index (χ0n) is 20.3. The summed E-state index contributed by atoms with van der Waals surface area (Å²) >= 11 is 0. The number of rotatable bonds is 22. The number of hydrogen-bond acceptors (Lipinski definition) is 1. The van der Waals surface area contributed by atoms with Gasteiger partial charge >= 0.3 is 17.3 Å². The summed E-state index contributed by atoms with van der Waals surface area (Å²) in [7, 11) is -6.87. The maximum atomic E-state index is 16.0. The summed E-state index contributed by atoms with van der Waals surface area (Å²) in [6.07, 6.45) is 16.9. The summed E-state index contributed by atoms with van der Waals surface area (Å²) in [5, 5.41) is 0. The van der Waals surface area contributed by atoms with E-state index in [9.17, 15) is 0 Å². The molecule has 0 spiro atoms. The standard InChI is InChI=1S/C24H52F2OSi2/c1-5-9-13-17-21-28(25,22-18-14-10-6-2)27-29(26,23-19-15-11-7-3)24-20-16-12-8-4/h5-24H2,1-4H3. The van der Waals surface area contributed by atoms with Gasteiger partial charge < -0.3 is 4.12 Å². The van der Waals surface area contributed by atoms with E-state index in [2.05, 4.69) is 27.7 Å². The van der Waals surface area contributed by atoms with Gasteiger partial charge in [0.1, 0.15) is 0 Å². The van der Waals surface area contributed by atoms with Crippen LogP contribution in [0.25, 0.3) is 0 Å². The predicted octanol–water partition coefficient (Wildman–Crippen LogP) is 10.1. The molecule has 1 nitrogen and oxygen atoms in total. The van der Waals surface area contributed by atoms with Crippen molar-refractivity contribution in [3.8, 4) is 0 Å². The van der Waals surface area contributed by atoms with Crippen LogP contribution in [0.1, 0.15) is 130 Å². The van der Waals surface area contributed by atoms with Crippen molar-refractivity contribution >= 4 is 17.3 Å². The lowest BCUT2D eigenvalue weighted by Crippen LogP contribution is -2.46. The van der Waals surface area contributed by atoms with Gasteiger partial charge in [0.05, 0.1) is 0 Å². The smallest absolute Gasteiger partial charge is 0.375 e. The SMILES string of the molecule is CCCCCC[Si](F)(CCCCCC)O[Si](F)(CCCCCC)CCCCCC. The number of halogens is 2. The number of hydrogen-bond donors (Lipinski definition) is 0. The van der Waals surface area contributed by atoms with Crippen LogP contribution in [0.2, 0.25) is 24.2 Å². The van der Waals surface area contributed by atoms with Crippen molar-refractivity contribution in [2.24, 2.45) is 0 Å². The molecular weight excluding hydrogens is 398 g/mol. The molecule has 0 atom stereocenters. The highest BCUT2D eigenvalue weighted by atomic mass is 28.5. The first-order valence-corrected chi connectivity index (χ1v) is 17.4. The van der Waals surface area contributed by atoms with Gasteiger partial charge in [-0.05, 0) is 24.2 Å². The summed E-state index contributed by atoms with van der Waals surface area (Å²) in [5.41, 5.74) is 0. The molecular formula is C24H52F2OSi2. The van der Waals surface area contributed by atoms with E-state index in [1.807, 2.05) is 0 Å². The Morgan fingerprint density at radius 1 is 0.414 bits per heavy atom. The Balaban J connectivity index is 4.96. The molecule has 0 N–H and O–H groups in total. The monoisotopic (exact) mass is 450 g/mol. The molecule has 0 radical (unpaired) electrons. The van der Waals surface area contributed by atoms with Crippen LogP contribution in [0.15, 0.2) is 0 Å². The molecule has 0 saturated carbocycles. The van der Waals surface area contributed by atoms with E-state index in [0.29, 0.717) is 24.2 Å². The molecule has 0 unspecified atom stereocenters. The molecule has 0 saturated heterocycles. The Hall–Kier alpha value is 0.254. The molecule has 0 amide bonds. The molecule has 29 heavy (non-hydrogen) atoms. The topological polar surface area (TPSA) is 9.23 Å². The predicted molar refractivity (Wildman–Crippen MR) is 131 cm³/mol. The Morgan fingerprint density at radius 2 is 0.655 bits per heavy atom. The largest absolute Gasteiger partial charge is 0.408 e. The van der Waals surface area contributed by atoms with Gasteiger partial charge in [0.2, 0.25) is 0 Å². The maximum Gasteiger partial charge on any atom is 0.375 e. The van der Waals surface area contributed by atoms with Crippen molar-refractivity contribution in [2.75, 3.05) is 0 Å². The highest BCUT2D eigenvalue weighted by Gasteiger charge is 2.47. The fraction of sp³-hybridized carbons (Fsp3) is 1.00. The average Bonchev–Trinajstić information content (AvgIpc) is 2.70. The van der Waals surface area contributed by atoms with Crippen LogP contribution in [-0.2, 0) is 4.12 Å². The van der Waals surface area contributed by atoms with Crippen molar-refractivity contribution in [1.29, 1.82) is 0 Å². The Kier molecular flexibility index (Phi) is 19.1. The second-order valence-corrected chi connectivity index (χ2v) is 15.5. The summed E-state index contributed by atoms with van der Waals surface area (Å²) in [6, 6.07) is 2.06. The third-order valence-electron chi connectivity index (χ3n) is 5.98. The summed E-state index contributed by atoms with van der Waals surface area (Å²) in [5.74, 6) is 0. The molecule has 0 aliphatic rings. The van der Waals surface area contributed by atoms with Crippen LogP contribution in [0.5, 0.6) is 0 Å². The minimum Gasteiger partial charge on any atom is -0.408 e. The van der Waals surface area contributed by atoms with E-state index in [0.717, 1.165) is 103 Å². The normalized spacial score (nSPS) is 12.6. The first-order valence-electron chi connectivity index (χ1n) is 13.0.